The van der Waals surface area contributed by atoms with Gasteiger partial charge in [-0.3, -0.25) is 0 Å². The molecule has 0 aromatic heterocycles. The smallest absolute Gasteiger partial charge is 0.124 e. The number of para-hydroxylation sites is 1. The zero-order valence-corrected chi connectivity index (χ0v) is 12.8. The van der Waals surface area contributed by atoms with E-state index in [0.717, 1.165) is 24.4 Å². The van der Waals surface area contributed by atoms with Crippen LogP contribution < -0.4 is 10.5 Å². The maximum absolute atomic E-state index is 6.36. The maximum atomic E-state index is 6.36. The van der Waals surface area contributed by atoms with Crippen LogP contribution in [0.2, 0.25) is 0 Å². The van der Waals surface area contributed by atoms with Gasteiger partial charge in [0, 0.05) is 24.7 Å². The zero-order chi connectivity index (χ0) is 15.1. The molecule has 2 aromatic carbocycles. The third-order valence-corrected chi connectivity index (χ3v) is 3.42. The third-order valence-electron chi connectivity index (χ3n) is 3.42. The summed E-state index contributed by atoms with van der Waals surface area (Å²) in [4.78, 5) is 2.24. The van der Waals surface area contributed by atoms with Gasteiger partial charge in [0.1, 0.15) is 5.75 Å². The topological polar surface area (TPSA) is 38.5 Å². The highest BCUT2D eigenvalue weighted by Crippen LogP contribution is 2.24. The predicted octanol–water partition coefficient (Wildman–Crippen LogP) is 3.22. The Morgan fingerprint density at radius 2 is 1.71 bits per heavy atom. The molecule has 112 valence electrons. The van der Waals surface area contributed by atoms with E-state index in [9.17, 15) is 0 Å². The van der Waals surface area contributed by atoms with Gasteiger partial charge in [0.2, 0.25) is 0 Å². The molecule has 0 aliphatic rings. The summed E-state index contributed by atoms with van der Waals surface area (Å²) in [6.45, 7) is 4.33. The SMILES string of the molecule is CCOc1ccccc1C(N)CN(C)Cc1ccccc1. The van der Waals surface area contributed by atoms with Crippen LogP contribution in [0.3, 0.4) is 0 Å². The first-order chi connectivity index (χ1) is 10.2. The van der Waals surface area contributed by atoms with Gasteiger partial charge in [0.05, 0.1) is 6.61 Å². The number of nitrogens with two attached hydrogens (primary N) is 1. The van der Waals surface area contributed by atoms with Gasteiger partial charge in [0.25, 0.3) is 0 Å². The van der Waals surface area contributed by atoms with Gasteiger partial charge < -0.3 is 15.4 Å². The van der Waals surface area contributed by atoms with Crippen LogP contribution >= 0.6 is 0 Å². The highest BCUT2D eigenvalue weighted by Gasteiger charge is 2.14. The van der Waals surface area contributed by atoms with Gasteiger partial charge >= 0.3 is 0 Å². The Kier molecular flexibility index (Phi) is 5.78. The summed E-state index contributed by atoms with van der Waals surface area (Å²) < 4.78 is 5.66. The van der Waals surface area contributed by atoms with Crippen LogP contribution in [0.4, 0.5) is 0 Å². The third kappa shape index (κ3) is 4.59. The summed E-state index contributed by atoms with van der Waals surface area (Å²) in [6.07, 6.45) is 0. The van der Waals surface area contributed by atoms with Gasteiger partial charge in [-0.2, -0.15) is 0 Å². The molecule has 0 fully saturated rings. The number of hydrogen-bond donors (Lipinski definition) is 1. The standard InChI is InChI=1S/C18H24N2O/c1-3-21-18-12-8-7-11-16(18)17(19)14-20(2)13-15-9-5-4-6-10-15/h4-12,17H,3,13-14,19H2,1-2H3. The Balaban J connectivity index is 1.99. The van der Waals surface area contributed by atoms with Gasteiger partial charge in [-0.15, -0.1) is 0 Å². The number of benzene rings is 2. The minimum Gasteiger partial charge on any atom is -0.494 e. The van der Waals surface area contributed by atoms with E-state index in [0.29, 0.717) is 6.61 Å². The summed E-state index contributed by atoms with van der Waals surface area (Å²) in [5.74, 6) is 0.889. The lowest BCUT2D eigenvalue weighted by molar-refractivity contribution is 0.295. The molecule has 1 unspecified atom stereocenters. The lowest BCUT2D eigenvalue weighted by Crippen LogP contribution is -2.29. The van der Waals surface area contributed by atoms with Gasteiger partial charge in [-0.05, 0) is 25.6 Å². The lowest BCUT2D eigenvalue weighted by atomic mass is 10.1. The highest BCUT2D eigenvalue weighted by molar-refractivity contribution is 5.36. The Hall–Kier alpha value is -1.84. The molecule has 0 amide bonds. The average molecular weight is 284 g/mol. The number of likely N-dealkylation sites (N-methyl/N-ethyl adjacent to an activating group) is 1. The van der Waals surface area contributed by atoms with Crippen LogP contribution in [0, 0.1) is 0 Å². The van der Waals surface area contributed by atoms with E-state index < -0.39 is 0 Å². The van der Waals surface area contributed by atoms with Crippen molar-refractivity contribution in [2.24, 2.45) is 5.73 Å². The van der Waals surface area contributed by atoms with Crippen molar-refractivity contribution in [2.75, 3.05) is 20.2 Å². The molecule has 3 nitrogen and oxygen atoms in total. The Labute approximate surface area is 127 Å². The maximum Gasteiger partial charge on any atom is 0.124 e. The molecule has 2 N–H and O–H groups in total. The van der Waals surface area contributed by atoms with Gasteiger partial charge in [-0.25, -0.2) is 0 Å². The Morgan fingerprint density at radius 3 is 2.43 bits per heavy atom. The van der Waals surface area contributed by atoms with Crippen LogP contribution in [0.1, 0.15) is 24.1 Å². The Bertz CT molecular complexity index is 542. The first-order valence-electron chi connectivity index (χ1n) is 7.40. The van der Waals surface area contributed by atoms with Crippen molar-refractivity contribution in [1.29, 1.82) is 0 Å². The second kappa shape index (κ2) is 7.81. The molecule has 2 aromatic rings. The molecule has 0 heterocycles. The van der Waals surface area contributed by atoms with Crippen molar-refractivity contribution in [3.8, 4) is 5.75 Å². The number of rotatable bonds is 7. The molecule has 0 aliphatic carbocycles. The van der Waals surface area contributed by atoms with Gasteiger partial charge in [0.15, 0.2) is 0 Å². The van der Waals surface area contributed by atoms with Crippen LogP contribution in [-0.4, -0.2) is 25.1 Å². The van der Waals surface area contributed by atoms with Crippen molar-refractivity contribution in [2.45, 2.75) is 19.5 Å². The zero-order valence-electron chi connectivity index (χ0n) is 12.8. The van der Waals surface area contributed by atoms with E-state index in [1.54, 1.807) is 0 Å². The fourth-order valence-corrected chi connectivity index (χ4v) is 2.47. The Morgan fingerprint density at radius 1 is 1.05 bits per heavy atom. The normalized spacial score (nSPS) is 12.4. The van der Waals surface area contributed by atoms with E-state index in [-0.39, 0.29) is 6.04 Å². The fraction of sp³-hybridized carbons (Fsp3) is 0.333. The van der Waals surface area contributed by atoms with Crippen LogP contribution in [-0.2, 0) is 6.54 Å². The molecular weight excluding hydrogens is 260 g/mol. The summed E-state index contributed by atoms with van der Waals surface area (Å²) in [7, 11) is 2.09. The van der Waals surface area contributed by atoms with Crippen LogP contribution in [0.15, 0.2) is 54.6 Å². The first kappa shape index (κ1) is 15.5. The molecule has 0 bridgehead atoms. The molecule has 0 radical (unpaired) electrons. The predicted molar refractivity (Wildman–Crippen MR) is 87.3 cm³/mol. The molecule has 0 aliphatic heterocycles. The summed E-state index contributed by atoms with van der Waals surface area (Å²) in [5, 5.41) is 0. The van der Waals surface area contributed by atoms with E-state index in [1.165, 1.54) is 5.56 Å². The molecule has 21 heavy (non-hydrogen) atoms. The monoisotopic (exact) mass is 284 g/mol. The van der Waals surface area contributed by atoms with Crippen molar-refractivity contribution in [3.05, 3.63) is 65.7 Å². The van der Waals surface area contributed by atoms with Crippen molar-refractivity contribution < 1.29 is 4.74 Å². The summed E-state index contributed by atoms with van der Waals surface area (Å²) >= 11 is 0. The molecular formula is C18H24N2O. The quantitative estimate of drug-likeness (QED) is 0.848. The largest absolute Gasteiger partial charge is 0.494 e. The summed E-state index contributed by atoms with van der Waals surface area (Å²) in [6, 6.07) is 18.4. The minimum atomic E-state index is -0.0542. The molecule has 0 spiro atoms. The van der Waals surface area contributed by atoms with E-state index in [4.69, 9.17) is 10.5 Å². The molecule has 3 heteroatoms. The van der Waals surface area contributed by atoms with Crippen molar-refractivity contribution >= 4 is 0 Å². The van der Waals surface area contributed by atoms with Crippen molar-refractivity contribution in [3.63, 3.8) is 0 Å². The molecule has 0 saturated carbocycles. The van der Waals surface area contributed by atoms with Crippen LogP contribution in [0.5, 0.6) is 5.75 Å². The minimum absolute atomic E-state index is 0.0542. The van der Waals surface area contributed by atoms with Gasteiger partial charge in [-0.1, -0.05) is 48.5 Å². The summed E-state index contributed by atoms with van der Waals surface area (Å²) in [5.41, 5.74) is 8.72. The van der Waals surface area contributed by atoms with E-state index in [2.05, 4.69) is 36.2 Å². The number of hydrogen-bond acceptors (Lipinski definition) is 3. The second-order valence-corrected chi connectivity index (χ2v) is 5.26. The first-order valence-corrected chi connectivity index (χ1v) is 7.40. The number of nitrogens with zero attached hydrogens (tertiary/aromatic N) is 1. The van der Waals surface area contributed by atoms with Crippen LogP contribution in [0.25, 0.3) is 0 Å². The lowest BCUT2D eigenvalue weighted by Gasteiger charge is -2.23. The van der Waals surface area contributed by atoms with E-state index >= 15 is 0 Å². The van der Waals surface area contributed by atoms with Crippen molar-refractivity contribution in [1.82, 2.24) is 4.90 Å². The molecule has 2 rings (SSSR count). The second-order valence-electron chi connectivity index (χ2n) is 5.26. The average Bonchev–Trinajstić information content (AvgIpc) is 2.49. The molecule has 1 atom stereocenters. The molecule has 0 saturated heterocycles. The highest BCUT2D eigenvalue weighted by atomic mass is 16.5. The number of ether oxygens (including phenoxy) is 1. The van der Waals surface area contributed by atoms with E-state index in [1.807, 2.05) is 37.3 Å². The fourth-order valence-electron chi connectivity index (χ4n) is 2.47.